The molecule has 1 heterocycles. The average molecular weight is 545 g/mol. The van der Waals surface area contributed by atoms with Gasteiger partial charge in [-0.1, -0.05) is 63.2 Å². The number of esters is 2. The van der Waals surface area contributed by atoms with E-state index in [1.54, 1.807) is 45.0 Å². The number of halogens is 1. The van der Waals surface area contributed by atoms with E-state index in [1.807, 2.05) is 30.3 Å². The molecule has 1 fully saturated rings. The van der Waals surface area contributed by atoms with Crippen molar-refractivity contribution in [1.29, 1.82) is 0 Å². The number of carbonyl (C=O) groups is 3. The Kier molecular flexibility index (Phi) is 10.0. The third-order valence-electron chi connectivity index (χ3n) is 6.36. The predicted octanol–water partition coefficient (Wildman–Crippen LogP) is 3.75. The highest BCUT2D eigenvalue weighted by Gasteiger charge is 2.44. The monoisotopic (exact) mass is 544 g/mol. The highest BCUT2D eigenvalue weighted by molar-refractivity contribution is 5.81. The first-order valence-electron chi connectivity index (χ1n) is 13.0. The van der Waals surface area contributed by atoms with E-state index in [1.165, 1.54) is 6.92 Å². The fraction of sp³-hybridized carbons (Fsp3) is 0.483. The lowest BCUT2D eigenvalue weighted by atomic mass is 9.86. The summed E-state index contributed by atoms with van der Waals surface area (Å²) in [7, 11) is 0. The van der Waals surface area contributed by atoms with Crippen molar-refractivity contribution in [2.75, 3.05) is 6.54 Å². The van der Waals surface area contributed by atoms with E-state index in [-0.39, 0.29) is 12.8 Å². The van der Waals surface area contributed by atoms with Crippen molar-refractivity contribution in [3.05, 3.63) is 65.7 Å². The van der Waals surface area contributed by atoms with Crippen LogP contribution in [0.1, 0.15) is 51.7 Å². The van der Waals surface area contributed by atoms with E-state index >= 15 is 0 Å². The maximum atomic E-state index is 14.6. The summed E-state index contributed by atoms with van der Waals surface area (Å²) in [5, 5.41) is 15.1. The number of nitrogens with one attached hydrogen (secondary N) is 2. The Labute approximate surface area is 228 Å². The van der Waals surface area contributed by atoms with Gasteiger partial charge in [0, 0.05) is 13.3 Å². The zero-order valence-electron chi connectivity index (χ0n) is 22.7. The van der Waals surface area contributed by atoms with E-state index in [2.05, 4.69) is 10.6 Å². The number of aliphatic carboxylic acids is 1. The van der Waals surface area contributed by atoms with Gasteiger partial charge in [-0.05, 0) is 48.1 Å². The zero-order valence-corrected chi connectivity index (χ0v) is 22.7. The average Bonchev–Trinajstić information content (AvgIpc) is 3.33. The summed E-state index contributed by atoms with van der Waals surface area (Å²) in [6, 6.07) is 14.6. The molecule has 212 valence electrons. The molecule has 1 aliphatic heterocycles. The van der Waals surface area contributed by atoms with Gasteiger partial charge in [0.15, 0.2) is 0 Å². The van der Waals surface area contributed by atoms with Crippen LogP contribution in [0.15, 0.2) is 54.6 Å². The van der Waals surface area contributed by atoms with Crippen LogP contribution in [0, 0.1) is 5.41 Å². The van der Waals surface area contributed by atoms with Crippen molar-refractivity contribution in [2.45, 2.75) is 77.7 Å². The molecule has 1 aliphatic rings. The normalized spacial score (nSPS) is 19.5. The first kappa shape index (κ1) is 30.0. The summed E-state index contributed by atoms with van der Waals surface area (Å²) in [4.78, 5) is 37.4. The molecule has 4 atom stereocenters. The largest absolute Gasteiger partial charge is 0.489 e. The van der Waals surface area contributed by atoms with Crippen LogP contribution in [0.2, 0.25) is 0 Å². The maximum absolute atomic E-state index is 14.6. The van der Waals surface area contributed by atoms with E-state index in [9.17, 15) is 23.9 Å². The van der Waals surface area contributed by atoms with Crippen LogP contribution in [0.4, 0.5) is 4.39 Å². The van der Waals surface area contributed by atoms with Crippen molar-refractivity contribution < 1.29 is 38.1 Å². The lowest BCUT2D eigenvalue weighted by molar-refractivity contribution is -0.195. The zero-order chi connectivity index (χ0) is 28.6. The number of hydrogen-bond donors (Lipinski definition) is 3. The van der Waals surface area contributed by atoms with E-state index in [4.69, 9.17) is 14.2 Å². The van der Waals surface area contributed by atoms with Gasteiger partial charge in [0.25, 0.3) is 5.79 Å². The number of ether oxygens (including phenoxy) is 3. The van der Waals surface area contributed by atoms with Crippen molar-refractivity contribution in [3.8, 4) is 5.75 Å². The standard InChI is InChI=1S/C29H37FN2O7/c1-19(39-27(36)29(30)15-8-16-31-29)38-26(35)23(32-24(25(33)34)28(2,3)4)17-20-11-13-22(14-12-20)37-18-21-9-6-5-7-10-21/h5-7,9-14,19,23-24,31-32H,8,15-18H2,1-4H3,(H,33,34)/t19?,23?,24?,29-/m0/s1. The number of benzene rings is 2. The van der Waals surface area contributed by atoms with Crippen LogP contribution in [-0.2, 0) is 36.9 Å². The van der Waals surface area contributed by atoms with Crippen molar-refractivity contribution in [1.82, 2.24) is 10.6 Å². The number of carboxylic acids is 1. The van der Waals surface area contributed by atoms with Gasteiger partial charge in [-0.15, -0.1) is 0 Å². The van der Waals surface area contributed by atoms with Gasteiger partial charge in [-0.25, -0.2) is 9.18 Å². The summed E-state index contributed by atoms with van der Waals surface area (Å²) in [5.41, 5.74) is 1.01. The molecule has 9 nitrogen and oxygen atoms in total. The van der Waals surface area contributed by atoms with Gasteiger partial charge in [-0.3, -0.25) is 20.2 Å². The van der Waals surface area contributed by atoms with Crippen LogP contribution in [0.3, 0.4) is 0 Å². The van der Waals surface area contributed by atoms with Gasteiger partial charge in [0.05, 0.1) is 0 Å². The van der Waals surface area contributed by atoms with Gasteiger partial charge >= 0.3 is 17.9 Å². The Morgan fingerprint density at radius 3 is 2.28 bits per heavy atom. The predicted molar refractivity (Wildman–Crippen MR) is 141 cm³/mol. The topological polar surface area (TPSA) is 123 Å². The molecule has 2 aromatic carbocycles. The Bertz CT molecular complexity index is 1110. The molecular weight excluding hydrogens is 507 g/mol. The fourth-order valence-electron chi connectivity index (χ4n) is 4.20. The van der Waals surface area contributed by atoms with Gasteiger partial charge < -0.3 is 19.3 Å². The van der Waals surface area contributed by atoms with Crippen molar-refractivity contribution in [2.24, 2.45) is 5.41 Å². The van der Waals surface area contributed by atoms with Crippen molar-refractivity contribution >= 4 is 17.9 Å². The number of hydrogen-bond acceptors (Lipinski definition) is 8. The second-order valence-electron chi connectivity index (χ2n) is 10.7. The number of carboxylic acid groups (broad SMARTS) is 1. The molecule has 3 N–H and O–H groups in total. The summed E-state index contributed by atoms with van der Waals surface area (Å²) in [6.45, 7) is 7.25. The fourth-order valence-corrected chi connectivity index (χ4v) is 4.20. The van der Waals surface area contributed by atoms with Gasteiger partial charge in [0.2, 0.25) is 6.29 Å². The lowest BCUT2D eigenvalue weighted by Crippen LogP contribution is -2.54. The van der Waals surface area contributed by atoms with E-state index in [0.717, 1.165) is 11.1 Å². The quantitative estimate of drug-likeness (QED) is 0.208. The van der Waals surface area contributed by atoms with E-state index < -0.39 is 47.5 Å². The second kappa shape index (κ2) is 13.0. The molecule has 39 heavy (non-hydrogen) atoms. The van der Waals surface area contributed by atoms with Gasteiger partial charge in [0.1, 0.15) is 24.4 Å². The Morgan fingerprint density at radius 2 is 1.72 bits per heavy atom. The summed E-state index contributed by atoms with van der Waals surface area (Å²) in [5.74, 6) is -4.80. The summed E-state index contributed by atoms with van der Waals surface area (Å²) >= 11 is 0. The second-order valence-corrected chi connectivity index (χ2v) is 10.7. The van der Waals surface area contributed by atoms with Gasteiger partial charge in [-0.2, -0.15) is 0 Å². The Hall–Kier alpha value is -3.50. The van der Waals surface area contributed by atoms with Crippen LogP contribution in [-0.4, -0.2) is 53.7 Å². The third-order valence-corrected chi connectivity index (χ3v) is 6.36. The molecule has 3 unspecified atom stereocenters. The molecule has 0 aromatic heterocycles. The molecule has 0 amide bonds. The number of alkyl halides is 1. The highest BCUT2D eigenvalue weighted by Crippen LogP contribution is 2.24. The SMILES string of the molecule is CC(OC(=O)C(Cc1ccc(OCc2ccccc2)cc1)NC(C(=O)O)C(C)(C)C)OC(=O)[C@]1(F)CCCN1. The molecule has 0 saturated carbocycles. The van der Waals surface area contributed by atoms with Crippen LogP contribution >= 0.6 is 0 Å². The molecule has 10 heteroatoms. The molecule has 1 saturated heterocycles. The first-order chi connectivity index (χ1) is 18.4. The highest BCUT2D eigenvalue weighted by atomic mass is 19.1. The molecule has 0 spiro atoms. The smallest absolute Gasteiger partial charge is 0.362 e. The Balaban J connectivity index is 1.69. The Morgan fingerprint density at radius 1 is 1.05 bits per heavy atom. The van der Waals surface area contributed by atoms with Crippen molar-refractivity contribution in [3.63, 3.8) is 0 Å². The van der Waals surface area contributed by atoms with Crippen LogP contribution < -0.4 is 15.4 Å². The minimum absolute atomic E-state index is 0.0341. The minimum Gasteiger partial charge on any atom is -0.489 e. The number of carbonyl (C=O) groups excluding carboxylic acids is 2. The number of rotatable bonds is 12. The molecule has 0 radical (unpaired) electrons. The maximum Gasteiger partial charge on any atom is 0.362 e. The van der Waals surface area contributed by atoms with Crippen LogP contribution in [0.25, 0.3) is 0 Å². The van der Waals surface area contributed by atoms with Crippen LogP contribution in [0.5, 0.6) is 5.75 Å². The lowest BCUT2D eigenvalue weighted by Gasteiger charge is -2.31. The molecule has 0 aliphatic carbocycles. The third kappa shape index (κ3) is 8.76. The molecule has 3 rings (SSSR count). The summed E-state index contributed by atoms with van der Waals surface area (Å²) < 4.78 is 30.8. The molecule has 2 aromatic rings. The summed E-state index contributed by atoms with van der Waals surface area (Å²) in [6.07, 6.45) is -0.845. The molecular formula is C29H37FN2O7. The first-order valence-corrected chi connectivity index (χ1v) is 13.0. The minimum atomic E-state index is -2.32. The van der Waals surface area contributed by atoms with E-state index in [0.29, 0.717) is 25.3 Å². The molecule has 0 bridgehead atoms.